The Bertz CT molecular complexity index is 1430. The highest BCUT2D eigenvalue weighted by Crippen LogP contribution is 2.49. The van der Waals surface area contributed by atoms with Crippen LogP contribution < -0.4 is 16.0 Å². The zero-order valence-corrected chi connectivity index (χ0v) is 40.8. The number of hydrogen-bond donors (Lipinski definition) is 3. The van der Waals surface area contributed by atoms with Crippen LogP contribution in [0.4, 0.5) is 0 Å². The SMILES string of the molecule is C=CCC(Cc1cc(C(C)(C)C)cc(C(C)(C)C)c1)(C(=C)CC1CC(C)(C)NC(C)(C)C1)C(=C)OC1CC(C)(C)NC(C)(C)C1.COC1CC(C)(C)NC(C)(C)C1. The van der Waals surface area contributed by atoms with E-state index in [9.17, 15) is 0 Å². The Balaban J connectivity index is 0.000000617. The van der Waals surface area contributed by atoms with E-state index < -0.39 is 5.41 Å². The molecule has 0 amide bonds. The standard InChI is InChI=1S/C42H70N2O.C10H21NO/c1-18-19-42(29(2)20-32-24-38(10,11)43-39(12,13)25-32,30(3)45-35-27-40(14,15)44-41(16,17)28-35)26-31-21-33(36(4,5)6)23-34(22-31)37(7,8)9;1-9(2)6-8(12-5)7-10(3,4)11-9/h18,21-23,32,35,43-44H,1-3,19-20,24-28H2,4-17H3;8,11H,6-7H2,1-5H3. The molecular formula is C52H91N3O2. The van der Waals surface area contributed by atoms with Gasteiger partial charge in [-0.05, 0) is 161 Å². The molecule has 0 bridgehead atoms. The number of nitrogens with one attached hydrogen (secondary N) is 3. The summed E-state index contributed by atoms with van der Waals surface area (Å²) in [5, 5.41) is 11.3. The number of allylic oxidation sites excluding steroid dienone is 2. The molecule has 5 nitrogen and oxygen atoms in total. The van der Waals surface area contributed by atoms with Crippen LogP contribution in [0.1, 0.15) is 193 Å². The van der Waals surface area contributed by atoms with Crippen LogP contribution in [0, 0.1) is 11.3 Å². The van der Waals surface area contributed by atoms with Crippen molar-refractivity contribution in [2.24, 2.45) is 11.3 Å². The summed E-state index contributed by atoms with van der Waals surface area (Å²) in [4.78, 5) is 0. The van der Waals surface area contributed by atoms with Gasteiger partial charge in [0.2, 0.25) is 0 Å². The number of ether oxygens (including phenoxy) is 2. The summed E-state index contributed by atoms with van der Waals surface area (Å²) < 4.78 is 12.5. The first kappa shape index (κ1) is 49.4. The zero-order chi connectivity index (χ0) is 43.8. The molecule has 0 saturated carbocycles. The topological polar surface area (TPSA) is 54.5 Å². The largest absolute Gasteiger partial charge is 0.494 e. The van der Waals surface area contributed by atoms with Crippen LogP contribution in [0.25, 0.3) is 0 Å². The minimum Gasteiger partial charge on any atom is -0.494 e. The van der Waals surface area contributed by atoms with Gasteiger partial charge >= 0.3 is 0 Å². The van der Waals surface area contributed by atoms with E-state index in [0.717, 1.165) is 63.5 Å². The summed E-state index contributed by atoms with van der Waals surface area (Å²) in [6.07, 6.45) is 11.4. The molecule has 3 saturated heterocycles. The van der Waals surface area contributed by atoms with Crippen LogP contribution in [0.3, 0.4) is 0 Å². The highest BCUT2D eigenvalue weighted by Gasteiger charge is 2.45. The van der Waals surface area contributed by atoms with E-state index in [1.54, 1.807) is 0 Å². The smallest absolute Gasteiger partial charge is 0.102 e. The maximum Gasteiger partial charge on any atom is 0.102 e. The van der Waals surface area contributed by atoms with E-state index in [0.29, 0.717) is 12.0 Å². The second-order valence-electron chi connectivity index (χ2n) is 24.8. The molecule has 0 spiro atoms. The molecular weight excluding hydrogens is 699 g/mol. The van der Waals surface area contributed by atoms with Crippen molar-refractivity contribution in [3.63, 3.8) is 0 Å². The van der Waals surface area contributed by atoms with Gasteiger partial charge in [0.25, 0.3) is 0 Å². The van der Waals surface area contributed by atoms with Gasteiger partial charge < -0.3 is 25.4 Å². The second-order valence-corrected chi connectivity index (χ2v) is 24.8. The number of rotatable bonds is 11. The van der Waals surface area contributed by atoms with Gasteiger partial charge in [0, 0.05) is 53.2 Å². The minimum absolute atomic E-state index is 0.0142. The van der Waals surface area contributed by atoms with Crippen LogP contribution in [-0.4, -0.2) is 52.6 Å². The second kappa shape index (κ2) is 17.2. The molecule has 1 atom stereocenters. The van der Waals surface area contributed by atoms with E-state index in [1.807, 2.05) is 7.11 Å². The third-order valence-electron chi connectivity index (χ3n) is 12.7. The summed E-state index contributed by atoms with van der Waals surface area (Å²) in [6.45, 7) is 55.4. The minimum atomic E-state index is -0.453. The van der Waals surface area contributed by atoms with Gasteiger partial charge in [-0.2, -0.15) is 0 Å². The van der Waals surface area contributed by atoms with Crippen LogP contribution in [0.2, 0.25) is 0 Å². The highest BCUT2D eigenvalue weighted by atomic mass is 16.5. The lowest BCUT2D eigenvalue weighted by atomic mass is 9.65. The Hall–Kier alpha value is -1.92. The molecule has 326 valence electrons. The van der Waals surface area contributed by atoms with Crippen LogP contribution in [-0.2, 0) is 26.7 Å². The van der Waals surface area contributed by atoms with Crippen molar-refractivity contribution in [2.45, 2.75) is 239 Å². The third kappa shape index (κ3) is 14.4. The van der Waals surface area contributed by atoms with E-state index in [2.05, 4.69) is 171 Å². The summed E-state index contributed by atoms with van der Waals surface area (Å²) in [5.41, 5.74) is 5.49. The Labute approximate surface area is 353 Å². The normalized spacial score (nSPS) is 24.3. The number of hydrogen-bond acceptors (Lipinski definition) is 5. The maximum atomic E-state index is 7.08. The monoisotopic (exact) mass is 790 g/mol. The Morgan fingerprint density at radius 1 is 0.632 bits per heavy atom. The van der Waals surface area contributed by atoms with Gasteiger partial charge in [0.05, 0.1) is 11.5 Å². The maximum absolute atomic E-state index is 7.08. The third-order valence-corrected chi connectivity index (χ3v) is 12.7. The molecule has 5 heteroatoms. The van der Waals surface area contributed by atoms with E-state index in [-0.39, 0.29) is 50.2 Å². The molecule has 1 unspecified atom stereocenters. The number of benzene rings is 1. The Morgan fingerprint density at radius 2 is 1.00 bits per heavy atom. The van der Waals surface area contributed by atoms with Crippen molar-refractivity contribution >= 4 is 0 Å². The van der Waals surface area contributed by atoms with Crippen LogP contribution in [0.5, 0.6) is 0 Å². The van der Waals surface area contributed by atoms with E-state index >= 15 is 0 Å². The van der Waals surface area contributed by atoms with Gasteiger partial charge in [-0.1, -0.05) is 84.5 Å². The van der Waals surface area contributed by atoms with Crippen molar-refractivity contribution in [2.75, 3.05) is 7.11 Å². The summed E-state index contributed by atoms with van der Waals surface area (Å²) in [6, 6.07) is 7.28. The van der Waals surface area contributed by atoms with Gasteiger partial charge in [0.1, 0.15) is 11.9 Å². The molecule has 3 heterocycles. The van der Waals surface area contributed by atoms with Gasteiger partial charge in [-0.15, -0.1) is 6.58 Å². The fraction of sp³-hybridized carbons (Fsp3) is 0.769. The zero-order valence-electron chi connectivity index (χ0n) is 40.8. The first-order valence-corrected chi connectivity index (χ1v) is 22.2. The first-order chi connectivity index (χ1) is 25.5. The first-order valence-electron chi connectivity index (χ1n) is 22.2. The number of piperidine rings is 3. The van der Waals surface area contributed by atoms with Crippen molar-refractivity contribution in [1.29, 1.82) is 0 Å². The average molecular weight is 790 g/mol. The lowest BCUT2D eigenvalue weighted by Crippen LogP contribution is -2.59. The van der Waals surface area contributed by atoms with Crippen molar-refractivity contribution in [3.8, 4) is 0 Å². The lowest BCUT2D eigenvalue weighted by molar-refractivity contribution is -0.00616. The van der Waals surface area contributed by atoms with Gasteiger partial charge in [-0.25, -0.2) is 0 Å². The molecule has 1 aromatic rings. The van der Waals surface area contributed by atoms with Crippen LogP contribution in [0.15, 0.2) is 55.3 Å². The Morgan fingerprint density at radius 3 is 1.35 bits per heavy atom. The molecule has 0 aliphatic carbocycles. The predicted octanol–water partition coefficient (Wildman–Crippen LogP) is 12.7. The van der Waals surface area contributed by atoms with Crippen molar-refractivity contribution in [1.82, 2.24) is 16.0 Å². The Kier molecular flexibility index (Phi) is 14.9. The molecule has 0 radical (unpaired) electrons. The molecule has 3 aliphatic heterocycles. The number of methoxy groups -OCH3 is 1. The lowest BCUT2D eigenvalue weighted by Gasteiger charge is -2.49. The van der Waals surface area contributed by atoms with Crippen LogP contribution >= 0.6 is 0 Å². The van der Waals surface area contributed by atoms with E-state index in [4.69, 9.17) is 22.6 Å². The molecule has 3 aliphatic rings. The molecule has 3 N–H and O–H groups in total. The molecule has 0 aromatic heterocycles. The van der Waals surface area contributed by atoms with E-state index in [1.165, 1.54) is 22.3 Å². The molecule has 3 fully saturated rings. The highest BCUT2D eigenvalue weighted by molar-refractivity contribution is 5.40. The van der Waals surface area contributed by atoms with Crippen molar-refractivity contribution in [3.05, 3.63) is 72.0 Å². The predicted molar refractivity (Wildman–Crippen MR) is 248 cm³/mol. The fourth-order valence-corrected chi connectivity index (χ4v) is 11.2. The average Bonchev–Trinajstić information content (AvgIpc) is 2.95. The molecule has 57 heavy (non-hydrogen) atoms. The quantitative estimate of drug-likeness (QED) is 0.154. The summed E-state index contributed by atoms with van der Waals surface area (Å²) >= 11 is 0. The fourth-order valence-electron chi connectivity index (χ4n) is 11.2. The molecule has 1 aromatic carbocycles. The molecule has 4 rings (SSSR count). The van der Waals surface area contributed by atoms with Gasteiger partial charge in [-0.3, -0.25) is 0 Å². The summed E-state index contributed by atoms with van der Waals surface area (Å²) in [5.74, 6) is 1.39. The summed E-state index contributed by atoms with van der Waals surface area (Å²) in [7, 11) is 1.81. The van der Waals surface area contributed by atoms with Crippen molar-refractivity contribution < 1.29 is 9.47 Å². The van der Waals surface area contributed by atoms with Gasteiger partial charge in [0.15, 0.2) is 0 Å².